The normalized spacial score (nSPS) is 10.8. The minimum absolute atomic E-state index is 0.188. The molecule has 3 aromatic rings. The highest BCUT2D eigenvalue weighted by atomic mass is 35.5. The number of carbonyl (C=O) groups excluding carboxylic acids is 1. The van der Waals surface area contributed by atoms with Gasteiger partial charge in [-0.3, -0.25) is 14.5 Å². The third-order valence-electron chi connectivity index (χ3n) is 4.41. The average molecular weight is 447 g/mol. The van der Waals surface area contributed by atoms with Gasteiger partial charge in [0.05, 0.1) is 17.3 Å². The van der Waals surface area contributed by atoms with Crippen molar-refractivity contribution in [3.63, 3.8) is 0 Å². The molecule has 0 bridgehead atoms. The Balaban J connectivity index is 1.69. The molecular weight excluding hydrogens is 424 g/mol. The Labute approximate surface area is 185 Å². The van der Waals surface area contributed by atoms with Crippen molar-refractivity contribution in [2.45, 2.75) is 19.9 Å². The van der Waals surface area contributed by atoms with Crippen LogP contribution in [-0.4, -0.2) is 41.0 Å². The molecule has 0 aliphatic rings. The number of amides is 1. The number of hydrogen-bond donors (Lipinski definition) is 2. The van der Waals surface area contributed by atoms with Gasteiger partial charge in [0.2, 0.25) is 5.91 Å². The van der Waals surface area contributed by atoms with E-state index in [2.05, 4.69) is 15.5 Å². The number of carbonyl (C=O) groups is 1. The van der Waals surface area contributed by atoms with Crippen molar-refractivity contribution < 1.29 is 14.3 Å². The van der Waals surface area contributed by atoms with Crippen molar-refractivity contribution in [1.29, 1.82) is 0 Å². The number of rotatable bonds is 9. The number of aryl methyl sites for hydroxylation is 1. The lowest BCUT2D eigenvalue weighted by atomic mass is 10.1. The summed E-state index contributed by atoms with van der Waals surface area (Å²) in [4.78, 5) is 12.6. The second-order valence-corrected chi connectivity index (χ2v) is 7.42. The van der Waals surface area contributed by atoms with E-state index in [4.69, 9.17) is 33.3 Å². The van der Waals surface area contributed by atoms with Gasteiger partial charge in [0.25, 0.3) is 0 Å². The molecule has 1 heterocycles. The summed E-state index contributed by atoms with van der Waals surface area (Å²) < 4.78 is 12.9. The zero-order valence-corrected chi connectivity index (χ0v) is 18.3. The van der Waals surface area contributed by atoms with Gasteiger partial charge in [-0.25, -0.2) is 0 Å². The number of aromatic amines is 1. The molecule has 0 unspecified atom stereocenters. The van der Waals surface area contributed by atoms with Gasteiger partial charge in [-0.2, -0.15) is 5.10 Å². The summed E-state index contributed by atoms with van der Waals surface area (Å²) in [5.74, 6) is 0.927. The number of para-hydroxylation sites is 1. The van der Waals surface area contributed by atoms with E-state index in [0.717, 1.165) is 11.1 Å². The Bertz CT molecular complexity index is 1060. The van der Waals surface area contributed by atoms with Gasteiger partial charge in [-0.05, 0) is 31.3 Å². The Kier molecular flexibility index (Phi) is 7.62. The fourth-order valence-electron chi connectivity index (χ4n) is 2.86. The third-order valence-corrected chi connectivity index (χ3v) is 5.01. The topological polar surface area (TPSA) is 81.2 Å². The molecule has 0 aliphatic carbocycles. The highest BCUT2D eigenvalue weighted by Crippen LogP contribution is 2.33. The van der Waals surface area contributed by atoms with Gasteiger partial charge in [0.1, 0.15) is 6.61 Å². The van der Waals surface area contributed by atoms with Crippen LogP contribution in [0.25, 0.3) is 11.4 Å². The summed E-state index contributed by atoms with van der Waals surface area (Å²) in [5.41, 5.74) is 2.60. The van der Waals surface area contributed by atoms with E-state index >= 15 is 0 Å². The SMILES string of the molecule is COCCOc1c(Cl)cccc1NC(=O)CCn1c(-c2ccc(C)cc2)n[nH]c1=S. The number of anilines is 1. The van der Waals surface area contributed by atoms with Gasteiger partial charge in [0.15, 0.2) is 16.3 Å². The van der Waals surface area contributed by atoms with Crippen molar-refractivity contribution in [3.8, 4) is 17.1 Å². The molecule has 0 saturated heterocycles. The molecule has 2 aromatic carbocycles. The number of ether oxygens (including phenoxy) is 2. The lowest BCUT2D eigenvalue weighted by molar-refractivity contribution is -0.116. The maximum Gasteiger partial charge on any atom is 0.226 e. The van der Waals surface area contributed by atoms with Crippen LogP contribution in [-0.2, 0) is 16.1 Å². The van der Waals surface area contributed by atoms with E-state index in [1.807, 2.05) is 35.8 Å². The maximum absolute atomic E-state index is 12.6. The number of methoxy groups -OCH3 is 1. The number of hydrogen-bond acceptors (Lipinski definition) is 5. The summed E-state index contributed by atoms with van der Waals surface area (Å²) >= 11 is 11.6. The van der Waals surface area contributed by atoms with E-state index in [-0.39, 0.29) is 12.3 Å². The molecule has 0 atom stereocenters. The van der Waals surface area contributed by atoms with Gasteiger partial charge < -0.3 is 14.8 Å². The molecular formula is C21H23ClN4O3S. The van der Waals surface area contributed by atoms with Crippen LogP contribution in [0.2, 0.25) is 5.02 Å². The zero-order valence-electron chi connectivity index (χ0n) is 16.8. The van der Waals surface area contributed by atoms with E-state index in [9.17, 15) is 4.79 Å². The highest BCUT2D eigenvalue weighted by Gasteiger charge is 2.14. The lowest BCUT2D eigenvalue weighted by Crippen LogP contribution is -2.16. The second-order valence-electron chi connectivity index (χ2n) is 6.63. The Morgan fingerprint density at radius 2 is 2.00 bits per heavy atom. The van der Waals surface area contributed by atoms with E-state index < -0.39 is 0 Å². The first-order valence-corrected chi connectivity index (χ1v) is 10.2. The minimum atomic E-state index is -0.188. The van der Waals surface area contributed by atoms with Crippen LogP contribution >= 0.6 is 23.8 Å². The quantitative estimate of drug-likeness (QED) is 0.370. The Hall–Kier alpha value is -2.68. The molecule has 0 radical (unpaired) electrons. The lowest BCUT2D eigenvalue weighted by Gasteiger charge is -2.14. The standard InChI is InChI=1S/C21H23ClN4O3S/c1-14-6-8-15(9-7-14)20-24-25-21(30)26(20)11-10-18(27)23-17-5-3-4-16(22)19(17)29-13-12-28-2/h3-9H,10-13H2,1-2H3,(H,23,27)(H,25,30). The smallest absolute Gasteiger partial charge is 0.226 e. The van der Waals surface area contributed by atoms with Crippen LogP contribution in [0.5, 0.6) is 5.75 Å². The van der Waals surface area contributed by atoms with Crippen molar-refractivity contribution in [1.82, 2.24) is 14.8 Å². The third kappa shape index (κ3) is 5.47. The number of benzene rings is 2. The van der Waals surface area contributed by atoms with Gasteiger partial charge in [-0.1, -0.05) is 47.5 Å². The van der Waals surface area contributed by atoms with Crippen LogP contribution in [0.3, 0.4) is 0 Å². The van der Waals surface area contributed by atoms with Crippen LogP contribution in [0.1, 0.15) is 12.0 Å². The predicted molar refractivity (Wildman–Crippen MR) is 120 cm³/mol. The molecule has 158 valence electrons. The molecule has 7 nitrogen and oxygen atoms in total. The monoisotopic (exact) mass is 446 g/mol. The van der Waals surface area contributed by atoms with Crippen LogP contribution in [0.4, 0.5) is 5.69 Å². The van der Waals surface area contributed by atoms with Crippen molar-refractivity contribution in [3.05, 3.63) is 57.8 Å². The molecule has 0 aliphatic heterocycles. The van der Waals surface area contributed by atoms with Crippen molar-refractivity contribution in [2.24, 2.45) is 0 Å². The predicted octanol–water partition coefficient (Wildman–Crippen LogP) is 4.62. The molecule has 1 aromatic heterocycles. The number of halogens is 1. The Morgan fingerprint density at radius 1 is 1.23 bits per heavy atom. The molecule has 0 spiro atoms. The summed E-state index contributed by atoms with van der Waals surface area (Å²) in [6.45, 7) is 3.14. The van der Waals surface area contributed by atoms with E-state index in [1.54, 1.807) is 25.3 Å². The molecule has 2 N–H and O–H groups in total. The average Bonchev–Trinajstić information content (AvgIpc) is 3.09. The van der Waals surface area contributed by atoms with Crippen LogP contribution in [0, 0.1) is 11.7 Å². The summed E-state index contributed by atoms with van der Waals surface area (Å²) in [6, 6.07) is 13.2. The molecule has 1 amide bonds. The number of nitrogens with one attached hydrogen (secondary N) is 2. The fourth-order valence-corrected chi connectivity index (χ4v) is 3.31. The molecule has 0 fully saturated rings. The summed E-state index contributed by atoms with van der Waals surface area (Å²) in [6.07, 6.45) is 0.205. The summed E-state index contributed by atoms with van der Waals surface area (Å²) in [7, 11) is 1.59. The largest absolute Gasteiger partial charge is 0.487 e. The Morgan fingerprint density at radius 3 is 2.73 bits per heavy atom. The highest BCUT2D eigenvalue weighted by molar-refractivity contribution is 7.71. The van der Waals surface area contributed by atoms with Crippen molar-refractivity contribution in [2.75, 3.05) is 25.6 Å². The van der Waals surface area contributed by atoms with E-state index in [1.165, 1.54) is 0 Å². The zero-order chi connectivity index (χ0) is 21.5. The summed E-state index contributed by atoms with van der Waals surface area (Å²) in [5, 5.41) is 10.4. The van der Waals surface area contributed by atoms with Gasteiger partial charge in [-0.15, -0.1) is 0 Å². The first-order valence-electron chi connectivity index (χ1n) is 9.42. The van der Waals surface area contributed by atoms with Gasteiger partial charge >= 0.3 is 0 Å². The van der Waals surface area contributed by atoms with Crippen LogP contribution in [0.15, 0.2) is 42.5 Å². The first kappa shape index (κ1) is 22.0. The first-order chi connectivity index (χ1) is 14.5. The number of aromatic nitrogens is 3. The fraction of sp³-hybridized carbons (Fsp3) is 0.286. The number of nitrogens with zero attached hydrogens (tertiary/aromatic N) is 2. The minimum Gasteiger partial charge on any atom is -0.487 e. The van der Waals surface area contributed by atoms with E-state index in [0.29, 0.717) is 46.8 Å². The number of H-pyrrole nitrogens is 1. The van der Waals surface area contributed by atoms with Crippen molar-refractivity contribution >= 4 is 35.4 Å². The molecule has 0 saturated carbocycles. The molecule has 9 heteroatoms. The maximum atomic E-state index is 12.6. The molecule has 30 heavy (non-hydrogen) atoms. The second kappa shape index (κ2) is 10.4. The van der Waals surface area contributed by atoms with Crippen LogP contribution < -0.4 is 10.1 Å². The molecule has 3 rings (SSSR count). The van der Waals surface area contributed by atoms with Gasteiger partial charge in [0, 0.05) is 25.6 Å².